The van der Waals surface area contributed by atoms with Gasteiger partial charge in [0.05, 0.1) is 21.8 Å². The van der Waals surface area contributed by atoms with Gasteiger partial charge in [-0.3, -0.25) is 9.67 Å². The summed E-state index contributed by atoms with van der Waals surface area (Å²) >= 11 is 11.9. The Morgan fingerprint density at radius 3 is 2.83 bits per heavy atom. The fourth-order valence-electron chi connectivity index (χ4n) is 1.70. The van der Waals surface area contributed by atoms with Crippen LogP contribution in [0.3, 0.4) is 0 Å². The smallest absolute Gasteiger partial charge is 0.138 e. The van der Waals surface area contributed by atoms with Crippen LogP contribution in [-0.4, -0.2) is 19.7 Å². The van der Waals surface area contributed by atoms with Crippen LogP contribution in [0.25, 0.3) is 0 Å². The number of rotatable bonds is 4. The third-order valence-corrected chi connectivity index (χ3v) is 3.09. The third kappa shape index (κ3) is 2.80. The van der Waals surface area contributed by atoms with E-state index in [1.165, 1.54) is 12.5 Å². The molecule has 0 amide bonds. The molecule has 0 aromatic carbocycles. The minimum absolute atomic E-state index is 0.329. The van der Waals surface area contributed by atoms with Crippen molar-refractivity contribution in [3.8, 4) is 0 Å². The van der Waals surface area contributed by atoms with Crippen LogP contribution in [0.15, 0.2) is 18.6 Å². The van der Waals surface area contributed by atoms with Crippen LogP contribution in [0.5, 0.6) is 0 Å². The molecule has 0 spiro atoms. The fourth-order valence-corrected chi connectivity index (χ4v) is 2.22. The van der Waals surface area contributed by atoms with Crippen molar-refractivity contribution in [2.45, 2.75) is 25.9 Å². The minimum Gasteiger partial charge on any atom is -0.322 e. The number of hydrogen-bond donors (Lipinski definition) is 1. The Hall–Kier alpha value is -1.17. The Labute approximate surface area is 115 Å². The molecule has 0 saturated carbocycles. The molecule has 96 valence electrons. The quantitative estimate of drug-likeness (QED) is 0.935. The normalized spacial score (nSPS) is 12.7. The highest BCUT2D eigenvalue weighted by Crippen LogP contribution is 2.24. The highest BCUT2D eigenvalue weighted by molar-refractivity contribution is 6.34. The number of halogens is 2. The minimum atomic E-state index is -0.329. The van der Waals surface area contributed by atoms with Crippen LogP contribution < -0.4 is 5.73 Å². The van der Waals surface area contributed by atoms with Gasteiger partial charge >= 0.3 is 0 Å². The lowest BCUT2D eigenvalue weighted by Crippen LogP contribution is -2.18. The second kappa shape index (κ2) is 5.65. The molecule has 7 heteroatoms. The van der Waals surface area contributed by atoms with Crippen LogP contribution in [0.4, 0.5) is 0 Å². The standard InChI is InChI=1S/C11H13Cl2N5/c1-2-18-10(16-6-17-18)4-9(14)11-8(13)3-7(12)5-15-11/h3,5-6,9H,2,4,14H2,1H3. The van der Waals surface area contributed by atoms with Gasteiger partial charge in [0.25, 0.3) is 0 Å². The molecule has 0 aliphatic heterocycles. The summed E-state index contributed by atoms with van der Waals surface area (Å²) in [7, 11) is 0. The van der Waals surface area contributed by atoms with Gasteiger partial charge in [-0.05, 0) is 13.0 Å². The summed E-state index contributed by atoms with van der Waals surface area (Å²) in [6.07, 6.45) is 3.58. The third-order valence-electron chi connectivity index (χ3n) is 2.59. The van der Waals surface area contributed by atoms with E-state index in [-0.39, 0.29) is 6.04 Å². The Morgan fingerprint density at radius 1 is 1.39 bits per heavy atom. The maximum Gasteiger partial charge on any atom is 0.138 e. The molecular formula is C11H13Cl2N5. The van der Waals surface area contributed by atoms with E-state index < -0.39 is 0 Å². The average Bonchev–Trinajstić information content (AvgIpc) is 2.76. The molecule has 2 aromatic rings. The van der Waals surface area contributed by atoms with Gasteiger partial charge in [0.1, 0.15) is 12.2 Å². The number of aromatic nitrogens is 4. The van der Waals surface area contributed by atoms with Crippen molar-refractivity contribution in [3.05, 3.63) is 40.2 Å². The number of nitrogens with zero attached hydrogens (tertiary/aromatic N) is 4. The maximum absolute atomic E-state index is 6.09. The molecule has 2 aromatic heterocycles. The summed E-state index contributed by atoms with van der Waals surface area (Å²) < 4.78 is 1.80. The molecule has 0 bridgehead atoms. The van der Waals surface area contributed by atoms with E-state index in [0.717, 1.165) is 12.4 Å². The summed E-state index contributed by atoms with van der Waals surface area (Å²) in [6, 6.07) is 1.31. The lowest BCUT2D eigenvalue weighted by Gasteiger charge is -2.12. The van der Waals surface area contributed by atoms with Crippen LogP contribution in [-0.2, 0) is 13.0 Å². The van der Waals surface area contributed by atoms with Crippen molar-refractivity contribution in [3.63, 3.8) is 0 Å². The first-order chi connectivity index (χ1) is 8.61. The molecule has 2 rings (SSSR count). The van der Waals surface area contributed by atoms with Gasteiger partial charge in [0.2, 0.25) is 0 Å². The zero-order chi connectivity index (χ0) is 13.1. The lowest BCUT2D eigenvalue weighted by atomic mass is 10.1. The van der Waals surface area contributed by atoms with E-state index in [2.05, 4.69) is 15.1 Å². The van der Waals surface area contributed by atoms with Gasteiger partial charge in [0, 0.05) is 19.2 Å². The van der Waals surface area contributed by atoms with Crippen molar-refractivity contribution in [2.75, 3.05) is 0 Å². The molecular weight excluding hydrogens is 273 g/mol. The zero-order valence-corrected chi connectivity index (χ0v) is 11.4. The van der Waals surface area contributed by atoms with Gasteiger partial charge in [0.15, 0.2) is 0 Å². The second-order valence-corrected chi connectivity index (χ2v) is 4.67. The van der Waals surface area contributed by atoms with E-state index in [1.54, 1.807) is 10.7 Å². The summed E-state index contributed by atoms with van der Waals surface area (Å²) in [6.45, 7) is 2.75. The summed E-state index contributed by atoms with van der Waals surface area (Å²) in [5.41, 5.74) is 6.71. The molecule has 1 unspecified atom stereocenters. The first-order valence-electron chi connectivity index (χ1n) is 5.55. The van der Waals surface area contributed by atoms with Crippen molar-refractivity contribution < 1.29 is 0 Å². The largest absolute Gasteiger partial charge is 0.322 e. The van der Waals surface area contributed by atoms with E-state index in [0.29, 0.717) is 22.2 Å². The molecule has 1 atom stereocenters. The Morgan fingerprint density at radius 2 is 2.17 bits per heavy atom. The molecule has 5 nitrogen and oxygen atoms in total. The average molecular weight is 286 g/mol. The van der Waals surface area contributed by atoms with Crippen molar-refractivity contribution in [1.82, 2.24) is 19.7 Å². The van der Waals surface area contributed by atoms with Crippen LogP contribution in [0, 0.1) is 0 Å². The molecule has 18 heavy (non-hydrogen) atoms. The van der Waals surface area contributed by atoms with Gasteiger partial charge in [-0.25, -0.2) is 4.98 Å². The molecule has 2 N–H and O–H groups in total. The highest BCUT2D eigenvalue weighted by Gasteiger charge is 2.16. The molecule has 0 aliphatic carbocycles. The Balaban J connectivity index is 2.19. The summed E-state index contributed by atoms with van der Waals surface area (Å²) in [5.74, 6) is 0.817. The van der Waals surface area contributed by atoms with Crippen molar-refractivity contribution in [1.29, 1.82) is 0 Å². The maximum atomic E-state index is 6.09. The van der Waals surface area contributed by atoms with Crippen LogP contribution >= 0.6 is 23.2 Å². The molecule has 0 fully saturated rings. The number of pyridine rings is 1. The SMILES string of the molecule is CCn1ncnc1CC(N)c1ncc(Cl)cc1Cl. The zero-order valence-electron chi connectivity index (χ0n) is 9.85. The van der Waals surface area contributed by atoms with E-state index in [4.69, 9.17) is 28.9 Å². The first kappa shape index (κ1) is 13.3. The Bertz CT molecular complexity index is 540. The van der Waals surface area contributed by atoms with E-state index >= 15 is 0 Å². The highest BCUT2D eigenvalue weighted by atomic mass is 35.5. The van der Waals surface area contributed by atoms with Crippen molar-refractivity contribution >= 4 is 23.2 Å². The first-order valence-corrected chi connectivity index (χ1v) is 6.30. The van der Waals surface area contributed by atoms with Crippen LogP contribution in [0.2, 0.25) is 10.0 Å². The topological polar surface area (TPSA) is 69.6 Å². The number of nitrogens with two attached hydrogens (primary N) is 1. The predicted molar refractivity (Wildman–Crippen MR) is 70.6 cm³/mol. The van der Waals surface area contributed by atoms with Crippen LogP contribution in [0.1, 0.15) is 24.5 Å². The van der Waals surface area contributed by atoms with Gasteiger partial charge in [-0.1, -0.05) is 23.2 Å². The fraction of sp³-hybridized carbons (Fsp3) is 0.364. The number of aryl methyl sites for hydroxylation is 1. The molecule has 0 saturated heterocycles. The second-order valence-electron chi connectivity index (χ2n) is 3.82. The predicted octanol–water partition coefficient (Wildman–Crippen LogP) is 2.24. The monoisotopic (exact) mass is 285 g/mol. The van der Waals surface area contributed by atoms with E-state index in [1.807, 2.05) is 6.92 Å². The molecule has 2 heterocycles. The molecule has 0 aliphatic rings. The molecule has 0 radical (unpaired) electrons. The van der Waals surface area contributed by atoms with Gasteiger partial charge in [-0.15, -0.1) is 0 Å². The van der Waals surface area contributed by atoms with E-state index in [9.17, 15) is 0 Å². The Kier molecular flexibility index (Phi) is 4.16. The lowest BCUT2D eigenvalue weighted by molar-refractivity contribution is 0.575. The van der Waals surface area contributed by atoms with Gasteiger partial charge < -0.3 is 5.73 Å². The number of hydrogen-bond acceptors (Lipinski definition) is 4. The van der Waals surface area contributed by atoms with Gasteiger partial charge in [-0.2, -0.15) is 5.10 Å². The summed E-state index contributed by atoms with van der Waals surface area (Å²) in [5, 5.41) is 5.06. The van der Waals surface area contributed by atoms with Crippen molar-refractivity contribution in [2.24, 2.45) is 5.73 Å². The summed E-state index contributed by atoms with van der Waals surface area (Å²) in [4.78, 5) is 8.34.